The summed E-state index contributed by atoms with van der Waals surface area (Å²) in [5.41, 5.74) is 0. The van der Waals surface area contributed by atoms with Gasteiger partial charge in [0.15, 0.2) is 0 Å². The Morgan fingerprint density at radius 3 is 2.94 bits per heavy atom. The third kappa shape index (κ3) is 2.74. The van der Waals surface area contributed by atoms with Crippen molar-refractivity contribution in [3.63, 3.8) is 0 Å². The summed E-state index contributed by atoms with van der Waals surface area (Å²) >= 11 is 3.40. The Balaban J connectivity index is 2.11. The highest BCUT2D eigenvalue weighted by Crippen LogP contribution is 2.20. The van der Waals surface area contributed by atoms with E-state index in [9.17, 15) is 0 Å². The van der Waals surface area contributed by atoms with Gasteiger partial charge < -0.3 is 9.64 Å². The van der Waals surface area contributed by atoms with Gasteiger partial charge >= 0.3 is 0 Å². The van der Waals surface area contributed by atoms with E-state index in [4.69, 9.17) is 4.74 Å². The first-order valence-corrected chi connectivity index (χ1v) is 6.50. The summed E-state index contributed by atoms with van der Waals surface area (Å²) in [4.78, 5) is 6.73. The highest BCUT2D eigenvalue weighted by atomic mass is 79.9. The van der Waals surface area contributed by atoms with Crippen molar-refractivity contribution in [3.8, 4) is 0 Å². The fourth-order valence-corrected chi connectivity index (χ4v) is 2.25. The van der Waals surface area contributed by atoms with E-state index in [1.807, 2.05) is 12.3 Å². The molecule has 0 aliphatic carbocycles. The van der Waals surface area contributed by atoms with Crippen molar-refractivity contribution in [3.05, 3.63) is 22.8 Å². The van der Waals surface area contributed by atoms with Crippen molar-refractivity contribution in [2.45, 2.75) is 32.5 Å². The molecule has 1 aromatic heterocycles. The zero-order valence-corrected chi connectivity index (χ0v) is 11.3. The summed E-state index contributed by atoms with van der Waals surface area (Å²) < 4.78 is 6.85. The van der Waals surface area contributed by atoms with Gasteiger partial charge in [-0.1, -0.05) is 6.92 Å². The molecule has 0 N–H and O–H groups in total. The molecule has 88 valence electrons. The topological polar surface area (TPSA) is 25.4 Å². The molecule has 0 radical (unpaired) electrons. The van der Waals surface area contributed by atoms with E-state index in [-0.39, 0.29) is 6.10 Å². The van der Waals surface area contributed by atoms with Crippen molar-refractivity contribution in [2.24, 2.45) is 0 Å². The molecule has 0 saturated carbocycles. The van der Waals surface area contributed by atoms with Gasteiger partial charge in [-0.05, 0) is 41.4 Å². The first kappa shape index (κ1) is 11.9. The van der Waals surface area contributed by atoms with Crippen LogP contribution in [0, 0.1) is 0 Å². The van der Waals surface area contributed by atoms with E-state index < -0.39 is 0 Å². The summed E-state index contributed by atoms with van der Waals surface area (Å²) in [7, 11) is 0. The number of rotatable bonds is 2. The van der Waals surface area contributed by atoms with E-state index in [1.165, 1.54) is 0 Å². The van der Waals surface area contributed by atoms with Gasteiger partial charge in [-0.15, -0.1) is 0 Å². The van der Waals surface area contributed by atoms with Crippen LogP contribution in [0.15, 0.2) is 22.8 Å². The Kier molecular flexibility index (Phi) is 3.82. The number of hydrogen-bond donors (Lipinski definition) is 0. The van der Waals surface area contributed by atoms with E-state index in [0.29, 0.717) is 6.10 Å². The maximum Gasteiger partial charge on any atom is 0.128 e. The summed E-state index contributed by atoms with van der Waals surface area (Å²) in [6, 6.07) is 4.08. The van der Waals surface area contributed by atoms with Crippen LogP contribution in [0.1, 0.15) is 20.3 Å². The number of hydrogen-bond acceptors (Lipinski definition) is 3. The van der Waals surface area contributed by atoms with Crippen molar-refractivity contribution in [2.75, 3.05) is 18.0 Å². The average molecular weight is 285 g/mol. The molecule has 1 aliphatic heterocycles. The van der Waals surface area contributed by atoms with Crippen LogP contribution in [0.2, 0.25) is 0 Å². The molecular formula is C12H17BrN2O. The van der Waals surface area contributed by atoms with Crippen LogP contribution in [0.5, 0.6) is 0 Å². The predicted molar refractivity (Wildman–Crippen MR) is 68.8 cm³/mol. The Hall–Kier alpha value is -0.610. The highest BCUT2D eigenvalue weighted by molar-refractivity contribution is 9.10. The molecule has 2 heterocycles. The normalized spacial score (nSPS) is 25.8. The summed E-state index contributed by atoms with van der Waals surface area (Å²) in [6.45, 7) is 6.14. The third-order valence-corrected chi connectivity index (χ3v) is 3.29. The minimum Gasteiger partial charge on any atom is -0.372 e. The minimum atomic E-state index is 0.282. The molecule has 4 heteroatoms. The summed E-state index contributed by atoms with van der Waals surface area (Å²) in [5, 5.41) is 0. The zero-order valence-electron chi connectivity index (χ0n) is 9.69. The van der Waals surface area contributed by atoms with Gasteiger partial charge in [0.2, 0.25) is 0 Å². The molecule has 0 bridgehead atoms. The number of aromatic nitrogens is 1. The first-order valence-electron chi connectivity index (χ1n) is 5.71. The lowest BCUT2D eigenvalue weighted by Crippen LogP contribution is -2.46. The first-order chi connectivity index (χ1) is 7.69. The van der Waals surface area contributed by atoms with Crippen molar-refractivity contribution in [1.82, 2.24) is 4.98 Å². The quantitative estimate of drug-likeness (QED) is 0.835. The molecule has 0 amide bonds. The molecule has 1 fully saturated rings. The molecule has 2 unspecified atom stereocenters. The highest BCUT2D eigenvalue weighted by Gasteiger charge is 2.24. The van der Waals surface area contributed by atoms with E-state index in [1.54, 1.807) is 0 Å². The summed E-state index contributed by atoms with van der Waals surface area (Å²) in [5.74, 6) is 1.04. The maximum atomic E-state index is 5.83. The number of anilines is 1. The molecule has 2 rings (SSSR count). The molecule has 0 aromatic carbocycles. The lowest BCUT2D eigenvalue weighted by atomic mass is 10.2. The van der Waals surface area contributed by atoms with Gasteiger partial charge in [0.25, 0.3) is 0 Å². The molecule has 1 saturated heterocycles. The smallest absolute Gasteiger partial charge is 0.128 e. The fourth-order valence-electron chi connectivity index (χ4n) is 2.01. The van der Waals surface area contributed by atoms with Crippen molar-refractivity contribution >= 4 is 21.7 Å². The zero-order chi connectivity index (χ0) is 11.5. The molecule has 3 nitrogen and oxygen atoms in total. The average Bonchev–Trinajstić information content (AvgIpc) is 2.29. The van der Waals surface area contributed by atoms with Gasteiger partial charge in [-0.2, -0.15) is 0 Å². The number of ether oxygens (including phenoxy) is 1. The number of morpholine rings is 1. The SMILES string of the molecule is CCC1CN(c2ccc(Br)cn2)CC(C)O1. The molecular weight excluding hydrogens is 268 g/mol. The Labute approximate surface area is 105 Å². The monoisotopic (exact) mass is 284 g/mol. The molecule has 2 atom stereocenters. The molecule has 1 aliphatic rings. The van der Waals surface area contributed by atoms with Crippen LogP contribution in [-0.4, -0.2) is 30.3 Å². The number of nitrogens with zero attached hydrogens (tertiary/aromatic N) is 2. The van der Waals surface area contributed by atoms with Crippen LogP contribution < -0.4 is 4.90 Å². The lowest BCUT2D eigenvalue weighted by Gasteiger charge is -2.37. The van der Waals surface area contributed by atoms with Crippen LogP contribution in [-0.2, 0) is 4.74 Å². The van der Waals surface area contributed by atoms with Crippen LogP contribution >= 0.6 is 15.9 Å². The van der Waals surface area contributed by atoms with Gasteiger partial charge in [0.1, 0.15) is 5.82 Å². The number of halogens is 1. The fraction of sp³-hybridized carbons (Fsp3) is 0.583. The van der Waals surface area contributed by atoms with E-state index >= 15 is 0 Å². The van der Waals surface area contributed by atoms with Gasteiger partial charge in [-0.3, -0.25) is 0 Å². The van der Waals surface area contributed by atoms with Crippen molar-refractivity contribution in [1.29, 1.82) is 0 Å². The van der Waals surface area contributed by atoms with Crippen LogP contribution in [0.25, 0.3) is 0 Å². The Bertz CT molecular complexity index is 341. The van der Waals surface area contributed by atoms with Crippen LogP contribution in [0.3, 0.4) is 0 Å². The van der Waals surface area contributed by atoms with Gasteiger partial charge in [0, 0.05) is 23.8 Å². The van der Waals surface area contributed by atoms with Crippen LogP contribution in [0.4, 0.5) is 5.82 Å². The largest absolute Gasteiger partial charge is 0.372 e. The molecule has 16 heavy (non-hydrogen) atoms. The molecule has 1 aromatic rings. The lowest BCUT2D eigenvalue weighted by molar-refractivity contribution is -0.0174. The number of pyridine rings is 1. The standard InChI is InChI=1S/C12H17BrN2O/c1-3-11-8-15(7-9(2)16-11)12-5-4-10(13)6-14-12/h4-6,9,11H,3,7-8H2,1-2H3. The van der Waals surface area contributed by atoms with E-state index in [0.717, 1.165) is 29.8 Å². The Morgan fingerprint density at radius 2 is 2.31 bits per heavy atom. The Morgan fingerprint density at radius 1 is 1.50 bits per heavy atom. The second-order valence-corrected chi connectivity index (χ2v) is 5.13. The third-order valence-electron chi connectivity index (χ3n) is 2.82. The molecule has 0 spiro atoms. The van der Waals surface area contributed by atoms with Crippen molar-refractivity contribution < 1.29 is 4.74 Å². The maximum absolute atomic E-state index is 5.83. The summed E-state index contributed by atoms with van der Waals surface area (Å²) in [6.07, 6.45) is 3.51. The van der Waals surface area contributed by atoms with Gasteiger partial charge in [-0.25, -0.2) is 4.98 Å². The second kappa shape index (κ2) is 5.15. The van der Waals surface area contributed by atoms with Gasteiger partial charge in [0.05, 0.1) is 12.2 Å². The van der Waals surface area contributed by atoms with E-state index in [2.05, 4.69) is 45.7 Å². The minimum absolute atomic E-state index is 0.282. The predicted octanol–water partition coefficient (Wildman–Crippen LogP) is 2.85. The second-order valence-electron chi connectivity index (χ2n) is 4.22.